The Labute approximate surface area is 114 Å². The summed E-state index contributed by atoms with van der Waals surface area (Å²) in [5, 5.41) is 11.5. The van der Waals surface area contributed by atoms with Gasteiger partial charge in [-0.05, 0) is 30.2 Å². The lowest BCUT2D eigenvalue weighted by Crippen LogP contribution is -2.18. The fourth-order valence-electron chi connectivity index (χ4n) is 2.19. The summed E-state index contributed by atoms with van der Waals surface area (Å²) in [6.07, 6.45) is 2.33. The predicted molar refractivity (Wildman–Crippen MR) is 70.2 cm³/mol. The molecule has 0 radical (unpaired) electrons. The van der Waals surface area contributed by atoms with E-state index in [1.165, 1.54) is 6.26 Å². The zero-order valence-corrected chi connectivity index (χ0v) is 10.5. The van der Waals surface area contributed by atoms with E-state index in [1.54, 1.807) is 6.07 Å². The van der Waals surface area contributed by atoms with Gasteiger partial charge in [-0.2, -0.15) is 0 Å². The van der Waals surface area contributed by atoms with Crippen LogP contribution in [0, 0.1) is 0 Å². The molecule has 3 rings (SSSR count). The molecule has 6 heteroatoms. The first-order chi connectivity index (χ1) is 9.61. The number of carbonyl (C=O) groups is 2. The van der Waals surface area contributed by atoms with Crippen LogP contribution in [0.4, 0.5) is 5.69 Å². The van der Waals surface area contributed by atoms with E-state index in [4.69, 9.17) is 9.52 Å². The predicted octanol–water partition coefficient (Wildman–Crippen LogP) is 1.85. The highest BCUT2D eigenvalue weighted by molar-refractivity contribution is 5.94. The first-order valence-electron chi connectivity index (χ1n) is 6.21. The fourth-order valence-corrected chi connectivity index (χ4v) is 2.19. The molecular formula is C14H12N2O4. The summed E-state index contributed by atoms with van der Waals surface area (Å²) in [4.78, 5) is 26.1. The second-order valence-electron chi connectivity index (χ2n) is 4.63. The van der Waals surface area contributed by atoms with Gasteiger partial charge in [0.25, 0.3) is 0 Å². The highest BCUT2D eigenvalue weighted by atomic mass is 16.4. The number of nitrogens with zero attached hydrogens (tertiary/aromatic N) is 1. The number of anilines is 1. The van der Waals surface area contributed by atoms with Crippen molar-refractivity contribution in [1.29, 1.82) is 0 Å². The average Bonchev–Trinajstić information content (AvgIpc) is 2.85. The molecule has 1 amide bonds. The van der Waals surface area contributed by atoms with Crippen LogP contribution in [0.5, 0.6) is 0 Å². The van der Waals surface area contributed by atoms with Gasteiger partial charge in [-0.25, -0.2) is 4.98 Å². The first-order valence-corrected chi connectivity index (χ1v) is 6.21. The van der Waals surface area contributed by atoms with E-state index in [0.717, 1.165) is 16.8 Å². The quantitative estimate of drug-likeness (QED) is 0.889. The highest BCUT2D eigenvalue weighted by Crippen LogP contribution is 2.28. The van der Waals surface area contributed by atoms with Gasteiger partial charge < -0.3 is 14.8 Å². The van der Waals surface area contributed by atoms with Crippen LogP contribution in [-0.2, 0) is 22.4 Å². The van der Waals surface area contributed by atoms with Gasteiger partial charge in [-0.15, -0.1) is 0 Å². The molecule has 1 aliphatic heterocycles. The van der Waals surface area contributed by atoms with E-state index in [-0.39, 0.29) is 12.3 Å². The number of oxazole rings is 1. The number of aryl methyl sites for hydroxylation is 1. The standard InChI is InChI=1S/C14H12N2O4/c17-12-4-2-8-5-9(1-3-11(8)16-12)14-15-10(7-20-14)6-13(18)19/h1,3,5,7H,2,4,6H2,(H,16,17)(H,18,19). The Morgan fingerprint density at radius 2 is 2.25 bits per heavy atom. The van der Waals surface area contributed by atoms with Crippen LogP contribution in [0.25, 0.3) is 11.5 Å². The summed E-state index contributed by atoms with van der Waals surface area (Å²) in [5.74, 6) is -0.538. The summed E-state index contributed by atoms with van der Waals surface area (Å²) in [5.41, 5.74) is 3.00. The number of hydrogen-bond donors (Lipinski definition) is 2. The molecule has 0 atom stereocenters. The Kier molecular flexibility index (Phi) is 2.98. The molecule has 0 aliphatic carbocycles. The van der Waals surface area contributed by atoms with Crippen LogP contribution in [0.1, 0.15) is 17.7 Å². The second-order valence-corrected chi connectivity index (χ2v) is 4.63. The molecule has 2 N–H and O–H groups in total. The fraction of sp³-hybridized carbons (Fsp3) is 0.214. The van der Waals surface area contributed by atoms with Gasteiger partial charge in [0.05, 0.1) is 12.1 Å². The lowest BCUT2D eigenvalue weighted by atomic mass is 10.0. The van der Waals surface area contributed by atoms with Crippen LogP contribution in [-0.4, -0.2) is 22.0 Å². The van der Waals surface area contributed by atoms with Gasteiger partial charge in [0.15, 0.2) is 0 Å². The van der Waals surface area contributed by atoms with Crippen LogP contribution in [0.15, 0.2) is 28.9 Å². The van der Waals surface area contributed by atoms with E-state index in [0.29, 0.717) is 24.4 Å². The molecule has 0 unspecified atom stereocenters. The topological polar surface area (TPSA) is 92.4 Å². The summed E-state index contributed by atoms with van der Waals surface area (Å²) in [7, 11) is 0. The monoisotopic (exact) mass is 272 g/mol. The largest absolute Gasteiger partial charge is 0.481 e. The zero-order valence-electron chi connectivity index (χ0n) is 10.5. The minimum Gasteiger partial charge on any atom is -0.481 e. The van der Waals surface area contributed by atoms with Gasteiger partial charge in [0.2, 0.25) is 11.8 Å². The van der Waals surface area contributed by atoms with Crippen LogP contribution in [0.3, 0.4) is 0 Å². The Bertz CT molecular complexity index is 690. The van der Waals surface area contributed by atoms with Crippen molar-refractivity contribution in [1.82, 2.24) is 4.98 Å². The van der Waals surface area contributed by atoms with Gasteiger partial charge in [-0.1, -0.05) is 0 Å². The molecule has 20 heavy (non-hydrogen) atoms. The molecule has 1 aromatic carbocycles. The van der Waals surface area contributed by atoms with Crippen molar-refractivity contribution >= 4 is 17.6 Å². The second kappa shape index (κ2) is 4.80. The lowest BCUT2D eigenvalue weighted by Gasteiger charge is -2.16. The molecular weight excluding hydrogens is 260 g/mol. The van der Waals surface area contributed by atoms with Crippen LogP contribution < -0.4 is 5.32 Å². The molecule has 0 fully saturated rings. The van der Waals surface area contributed by atoms with Crippen LogP contribution in [0.2, 0.25) is 0 Å². The van der Waals surface area contributed by atoms with E-state index in [9.17, 15) is 9.59 Å². The van der Waals surface area contributed by atoms with Gasteiger partial charge in [-0.3, -0.25) is 9.59 Å². The summed E-state index contributed by atoms with van der Waals surface area (Å²) >= 11 is 0. The van der Waals surface area contributed by atoms with E-state index < -0.39 is 5.97 Å². The Balaban J connectivity index is 1.89. The lowest BCUT2D eigenvalue weighted by molar-refractivity contribution is -0.136. The number of nitrogens with one attached hydrogen (secondary N) is 1. The maximum atomic E-state index is 11.3. The number of benzene rings is 1. The SMILES string of the molecule is O=C(O)Cc1coc(-c2ccc3c(c2)CCC(=O)N3)n1. The molecule has 1 aromatic heterocycles. The number of carboxylic acid groups (broad SMARTS) is 1. The van der Waals surface area contributed by atoms with E-state index >= 15 is 0 Å². The molecule has 2 aromatic rings. The number of rotatable bonds is 3. The number of hydrogen-bond acceptors (Lipinski definition) is 4. The van der Waals surface area contributed by atoms with E-state index in [1.807, 2.05) is 12.1 Å². The third-order valence-corrected chi connectivity index (χ3v) is 3.13. The molecule has 6 nitrogen and oxygen atoms in total. The van der Waals surface area contributed by atoms with Crippen LogP contribution >= 0.6 is 0 Å². The first kappa shape index (κ1) is 12.4. The molecule has 0 bridgehead atoms. The number of aliphatic carboxylic acids is 1. The molecule has 0 spiro atoms. The summed E-state index contributed by atoms with van der Waals surface area (Å²) in [6, 6.07) is 5.51. The molecule has 2 heterocycles. The van der Waals surface area contributed by atoms with E-state index in [2.05, 4.69) is 10.3 Å². The normalized spacial score (nSPS) is 13.7. The summed E-state index contributed by atoms with van der Waals surface area (Å²) in [6.45, 7) is 0. The Morgan fingerprint density at radius 3 is 3.05 bits per heavy atom. The van der Waals surface area contributed by atoms with Gasteiger partial charge in [0.1, 0.15) is 6.26 Å². The maximum Gasteiger partial charge on any atom is 0.309 e. The number of carboxylic acids is 1. The molecule has 0 saturated carbocycles. The highest BCUT2D eigenvalue weighted by Gasteiger charge is 2.16. The summed E-state index contributed by atoms with van der Waals surface area (Å²) < 4.78 is 5.30. The smallest absolute Gasteiger partial charge is 0.309 e. The minimum absolute atomic E-state index is 0.0186. The van der Waals surface area contributed by atoms with Crippen molar-refractivity contribution in [2.45, 2.75) is 19.3 Å². The Hall–Kier alpha value is -2.63. The van der Waals surface area contributed by atoms with Gasteiger partial charge in [0, 0.05) is 17.7 Å². The molecule has 0 saturated heterocycles. The van der Waals surface area contributed by atoms with Crippen molar-refractivity contribution < 1.29 is 19.1 Å². The Morgan fingerprint density at radius 1 is 1.40 bits per heavy atom. The number of carbonyl (C=O) groups excluding carboxylic acids is 1. The van der Waals surface area contributed by atoms with Crippen molar-refractivity contribution in [2.24, 2.45) is 0 Å². The minimum atomic E-state index is -0.946. The number of aromatic nitrogens is 1. The van der Waals surface area contributed by atoms with Crippen molar-refractivity contribution in [3.63, 3.8) is 0 Å². The molecule has 102 valence electrons. The van der Waals surface area contributed by atoms with Crippen molar-refractivity contribution in [3.05, 3.63) is 35.7 Å². The zero-order chi connectivity index (χ0) is 14.1. The maximum absolute atomic E-state index is 11.3. The molecule has 1 aliphatic rings. The van der Waals surface area contributed by atoms with Crippen molar-refractivity contribution in [2.75, 3.05) is 5.32 Å². The number of fused-ring (bicyclic) bond motifs is 1. The van der Waals surface area contributed by atoms with Crippen molar-refractivity contribution in [3.8, 4) is 11.5 Å². The third-order valence-electron chi connectivity index (χ3n) is 3.13. The average molecular weight is 272 g/mol. The number of amides is 1. The van der Waals surface area contributed by atoms with Gasteiger partial charge >= 0.3 is 5.97 Å². The third kappa shape index (κ3) is 2.40.